The molecule has 2 amide bonds. The number of nitrogens with two attached hydrogens (primary N) is 1. The fourth-order valence-corrected chi connectivity index (χ4v) is 2.69. The van der Waals surface area contributed by atoms with Gasteiger partial charge in [0, 0.05) is 18.7 Å². The summed E-state index contributed by atoms with van der Waals surface area (Å²) >= 11 is 6.12. The molecule has 0 spiro atoms. The van der Waals surface area contributed by atoms with Crippen molar-refractivity contribution in [2.45, 2.75) is 26.4 Å². The van der Waals surface area contributed by atoms with Crippen molar-refractivity contribution in [3.63, 3.8) is 0 Å². The zero-order valence-electron chi connectivity index (χ0n) is 13.0. The monoisotopic (exact) mass is 358 g/mol. The van der Waals surface area contributed by atoms with Gasteiger partial charge in [-0.1, -0.05) is 11.8 Å². The van der Waals surface area contributed by atoms with Crippen LogP contribution in [0.25, 0.3) is 0 Å². The molecule has 126 valence electrons. The molecule has 1 rings (SSSR count). The van der Waals surface area contributed by atoms with Crippen LogP contribution in [0, 0.1) is 5.82 Å². The van der Waals surface area contributed by atoms with Gasteiger partial charge in [0.2, 0.25) is 16.2 Å². The lowest BCUT2D eigenvalue weighted by Gasteiger charge is -2.22. The first-order valence-electron chi connectivity index (χ1n) is 6.97. The Kier molecular flexibility index (Phi) is 7.97. The number of nitrogens with zero attached hydrogens (tertiary/aromatic N) is 1. The van der Waals surface area contributed by atoms with Gasteiger partial charge in [0.15, 0.2) is 0 Å². The molecular formula is C15H19FN2O3S2. The standard InChI is InChI=1S/C15H19FN2O3S2/c1-10(2)21-15(22)23-9-14(20)18(8-7-13(17)19)12-5-3-11(16)4-6-12/h3-6,10H,7-9H2,1-2H3,(H2,17,19). The normalized spacial score (nSPS) is 10.4. The molecule has 0 aliphatic carbocycles. The van der Waals surface area contributed by atoms with Gasteiger partial charge in [-0.2, -0.15) is 0 Å². The number of hydrogen-bond donors (Lipinski definition) is 1. The smallest absolute Gasteiger partial charge is 0.237 e. The number of amides is 2. The maximum Gasteiger partial charge on any atom is 0.237 e. The first kappa shape index (κ1) is 19.4. The summed E-state index contributed by atoms with van der Waals surface area (Å²) in [5.74, 6) is -1.13. The zero-order chi connectivity index (χ0) is 17.4. The molecular weight excluding hydrogens is 339 g/mol. The van der Waals surface area contributed by atoms with E-state index in [0.717, 1.165) is 11.8 Å². The van der Waals surface area contributed by atoms with Crippen molar-refractivity contribution in [1.29, 1.82) is 0 Å². The van der Waals surface area contributed by atoms with E-state index < -0.39 is 11.7 Å². The van der Waals surface area contributed by atoms with Gasteiger partial charge < -0.3 is 15.4 Å². The number of carbonyl (C=O) groups excluding carboxylic acids is 2. The number of halogens is 1. The first-order valence-corrected chi connectivity index (χ1v) is 8.36. The van der Waals surface area contributed by atoms with E-state index in [1.165, 1.54) is 29.2 Å². The molecule has 2 N–H and O–H groups in total. The maximum absolute atomic E-state index is 13.0. The number of benzene rings is 1. The van der Waals surface area contributed by atoms with Crippen molar-refractivity contribution < 1.29 is 18.7 Å². The molecule has 0 heterocycles. The summed E-state index contributed by atoms with van der Waals surface area (Å²) in [6.07, 6.45) is -0.0473. The van der Waals surface area contributed by atoms with Crippen molar-refractivity contribution in [3.05, 3.63) is 30.1 Å². The second kappa shape index (κ2) is 9.46. The third-order valence-electron chi connectivity index (χ3n) is 2.67. The van der Waals surface area contributed by atoms with Crippen LogP contribution >= 0.6 is 24.0 Å². The summed E-state index contributed by atoms with van der Waals surface area (Å²) < 4.78 is 18.6. The lowest BCUT2D eigenvalue weighted by molar-refractivity contribution is -0.118. The Balaban J connectivity index is 2.74. The van der Waals surface area contributed by atoms with Crippen LogP contribution in [0.4, 0.5) is 10.1 Å². The van der Waals surface area contributed by atoms with E-state index in [2.05, 4.69) is 0 Å². The zero-order valence-corrected chi connectivity index (χ0v) is 14.6. The number of rotatable bonds is 7. The Hall–Kier alpha value is -1.67. The number of hydrogen-bond acceptors (Lipinski definition) is 5. The van der Waals surface area contributed by atoms with E-state index in [4.69, 9.17) is 22.7 Å². The minimum absolute atomic E-state index is 0.0146. The molecule has 0 saturated heterocycles. The summed E-state index contributed by atoms with van der Waals surface area (Å²) in [5, 5.41) is 0. The van der Waals surface area contributed by atoms with Gasteiger partial charge in [-0.3, -0.25) is 9.59 Å². The predicted molar refractivity (Wildman–Crippen MR) is 93.8 cm³/mol. The molecule has 23 heavy (non-hydrogen) atoms. The van der Waals surface area contributed by atoms with E-state index in [0.29, 0.717) is 5.69 Å². The molecule has 0 aliphatic heterocycles. The summed E-state index contributed by atoms with van der Waals surface area (Å²) in [5.41, 5.74) is 5.63. The largest absolute Gasteiger partial charge is 0.476 e. The third kappa shape index (κ3) is 7.43. The highest BCUT2D eigenvalue weighted by Gasteiger charge is 2.18. The molecule has 1 aromatic carbocycles. The first-order chi connectivity index (χ1) is 10.8. The van der Waals surface area contributed by atoms with Crippen molar-refractivity contribution in [2.24, 2.45) is 5.73 Å². The van der Waals surface area contributed by atoms with Gasteiger partial charge in [0.25, 0.3) is 0 Å². The van der Waals surface area contributed by atoms with Gasteiger partial charge in [-0.15, -0.1) is 0 Å². The van der Waals surface area contributed by atoms with Crippen LogP contribution in [-0.4, -0.2) is 34.6 Å². The predicted octanol–water partition coefficient (Wildman–Crippen LogP) is 2.48. The summed E-state index contributed by atoms with van der Waals surface area (Å²) in [4.78, 5) is 24.7. The van der Waals surface area contributed by atoms with Crippen LogP contribution in [0.1, 0.15) is 20.3 Å². The second-order valence-electron chi connectivity index (χ2n) is 4.94. The SMILES string of the molecule is CC(C)OC(=S)SCC(=O)N(CCC(N)=O)c1ccc(F)cc1. The number of thioether (sulfide) groups is 1. The van der Waals surface area contributed by atoms with E-state index in [-0.39, 0.29) is 35.1 Å². The molecule has 0 aliphatic rings. The molecule has 0 bridgehead atoms. The number of primary amides is 1. The number of anilines is 1. The minimum atomic E-state index is -0.517. The Morgan fingerprint density at radius 3 is 2.48 bits per heavy atom. The third-order valence-corrected chi connectivity index (χ3v) is 3.84. The number of ether oxygens (including phenoxy) is 1. The van der Waals surface area contributed by atoms with E-state index in [9.17, 15) is 14.0 Å². The Bertz CT molecular complexity index is 564. The van der Waals surface area contributed by atoms with E-state index in [1.807, 2.05) is 13.8 Å². The highest BCUT2D eigenvalue weighted by Crippen LogP contribution is 2.18. The molecule has 5 nitrogen and oxygen atoms in total. The second-order valence-corrected chi connectivity index (χ2v) is 6.52. The lowest BCUT2D eigenvalue weighted by Crippen LogP contribution is -2.35. The van der Waals surface area contributed by atoms with Gasteiger partial charge in [0.1, 0.15) is 5.82 Å². The van der Waals surface area contributed by atoms with Gasteiger partial charge >= 0.3 is 0 Å². The van der Waals surface area contributed by atoms with Gasteiger partial charge in [-0.05, 0) is 50.3 Å². The summed E-state index contributed by atoms with van der Waals surface area (Å²) in [7, 11) is 0. The topological polar surface area (TPSA) is 72.6 Å². The summed E-state index contributed by atoms with van der Waals surface area (Å²) in [6.45, 7) is 3.80. The fraction of sp³-hybridized carbons (Fsp3) is 0.400. The molecule has 0 aromatic heterocycles. The molecule has 0 saturated carbocycles. The van der Waals surface area contributed by atoms with Gasteiger partial charge in [-0.25, -0.2) is 4.39 Å². The average molecular weight is 358 g/mol. The fourth-order valence-electron chi connectivity index (χ4n) is 1.67. The number of thiocarbonyl (C=S) groups is 1. The molecule has 0 radical (unpaired) electrons. The minimum Gasteiger partial charge on any atom is -0.476 e. The van der Waals surface area contributed by atoms with Crippen LogP contribution in [-0.2, 0) is 14.3 Å². The average Bonchev–Trinajstić information content (AvgIpc) is 2.46. The van der Waals surface area contributed by atoms with Crippen molar-refractivity contribution in [3.8, 4) is 0 Å². The van der Waals surface area contributed by atoms with Crippen LogP contribution in [0.5, 0.6) is 0 Å². The molecule has 1 aromatic rings. The van der Waals surface area contributed by atoms with Gasteiger partial charge in [0.05, 0.1) is 11.9 Å². The highest BCUT2D eigenvalue weighted by atomic mass is 32.2. The highest BCUT2D eigenvalue weighted by molar-refractivity contribution is 8.23. The van der Waals surface area contributed by atoms with Crippen LogP contribution in [0.2, 0.25) is 0 Å². The van der Waals surface area contributed by atoms with Crippen LogP contribution in [0.3, 0.4) is 0 Å². The quantitative estimate of drug-likeness (QED) is 0.758. The Morgan fingerprint density at radius 1 is 1.35 bits per heavy atom. The Morgan fingerprint density at radius 2 is 1.96 bits per heavy atom. The molecule has 8 heteroatoms. The van der Waals surface area contributed by atoms with Crippen molar-refractivity contribution in [1.82, 2.24) is 0 Å². The summed E-state index contributed by atoms with van der Waals surface area (Å²) in [6, 6.07) is 5.45. The lowest BCUT2D eigenvalue weighted by atomic mass is 10.2. The van der Waals surface area contributed by atoms with Crippen molar-refractivity contribution >= 4 is 45.9 Å². The maximum atomic E-state index is 13.0. The number of carbonyl (C=O) groups is 2. The van der Waals surface area contributed by atoms with Crippen LogP contribution < -0.4 is 10.6 Å². The molecule has 0 atom stereocenters. The Labute approximate surface area is 144 Å². The molecule has 0 unspecified atom stereocenters. The molecule has 0 fully saturated rings. The van der Waals surface area contributed by atoms with Crippen molar-refractivity contribution in [2.75, 3.05) is 17.2 Å². The van der Waals surface area contributed by atoms with Crippen LogP contribution in [0.15, 0.2) is 24.3 Å². The van der Waals surface area contributed by atoms with E-state index >= 15 is 0 Å². The van der Waals surface area contributed by atoms with E-state index in [1.54, 1.807) is 0 Å².